The van der Waals surface area contributed by atoms with E-state index >= 15 is 0 Å². The van der Waals surface area contributed by atoms with Gasteiger partial charge in [0.05, 0.1) is 20.9 Å². The van der Waals surface area contributed by atoms with Crippen molar-refractivity contribution in [2.45, 2.75) is 23.6 Å². The SMILES string of the molecule is Cc1cc(S(=O)(=O)c2cc(C)c(O)c(C(N)=O)c2)cc(C(N)=O)c1O. The highest BCUT2D eigenvalue weighted by Gasteiger charge is 2.25. The Balaban J connectivity index is 2.76. The summed E-state index contributed by atoms with van der Waals surface area (Å²) in [6, 6.07) is 4.24. The lowest BCUT2D eigenvalue weighted by Gasteiger charge is -2.12. The molecule has 2 aromatic carbocycles. The summed E-state index contributed by atoms with van der Waals surface area (Å²) < 4.78 is 25.7. The second kappa shape index (κ2) is 6.10. The van der Waals surface area contributed by atoms with Crippen LogP contribution >= 0.6 is 0 Å². The van der Waals surface area contributed by atoms with Gasteiger partial charge >= 0.3 is 0 Å². The van der Waals surface area contributed by atoms with Gasteiger partial charge in [0.1, 0.15) is 11.5 Å². The van der Waals surface area contributed by atoms with Gasteiger partial charge in [0, 0.05) is 0 Å². The van der Waals surface area contributed by atoms with Crippen LogP contribution in [0.5, 0.6) is 11.5 Å². The second-order valence-corrected chi connectivity index (χ2v) is 7.45. The Bertz CT molecular complexity index is 936. The normalized spacial score (nSPS) is 11.3. The average Bonchev–Trinajstić information content (AvgIpc) is 2.51. The van der Waals surface area contributed by atoms with Crippen LogP contribution in [0.15, 0.2) is 34.1 Å². The Labute approximate surface area is 143 Å². The highest BCUT2D eigenvalue weighted by atomic mass is 32.2. The van der Waals surface area contributed by atoms with E-state index in [1.54, 1.807) is 0 Å². The quantitative estimate of drug-likeness (QED) is 0.626. The number of nitrogens with two attached hydrogens (primary N) is 2. The molecule has 0 fully saturated rings. The standard InChI is InChI=1S/C16H16N2O6S/c1-7-3-9(5-11(13(7)19)15(17)21)25(23,24)10-4-8(2)14(20)12(6-10)16(18)22/h3-6,19-20H,1-2H3,(H2,17,21)(H2,18,22). The molecule has 0 aliphatic carbocycles. The number of hydrogen-bond donors (Lipinski definition) is 4. The Morgan fingerprint density at radius 2 is 1.12 bits per heavy atom. The summed E-state index contributed by atoms with van der Waals surface area (Å²) in [5.74, 6) is -2.80. The first-order valence-corrected chi connectivity index (χ1v) is 8.47. The van der Waals surface area contributed by atoms with Gasteiger partial charge in [-0.25, -0.2) is 8.42 Å². The van der Waals surface area contributed by atoms with Gasteiger partial charge in [-0.05, 0) is 49.2 Å². The number of primary amides is 2. The van der Waals surface area contributed by atoms with E-state index in [0.717, 1.165) is 12.1 Å². The highest BCUT2D eigenvalue weighted by molar-refractivity contribution is 7.91. The Morgan fingerprint density at radius 3 is 1.40 bits per heavy atom. The maximum absolute atomic E-state index is 12.8. The molecule has 0 saturated heterocycles. The van der Waals surface area contributed by atoms with Crippen LogP contribution in [-0.4, -0.2) is 30.4 Å². The van der Waals surface area contributed by atoms with Crippen molar-refractivity contribution in [2.24, 2.45) is 11.5 Å². The molecule has 0 aromatic heterocycles. The molecule has 0 saturated carbocycles. The molecule has 0 atom stereocenters. The maximum Gasteiger partial charge on any atom is 0.252 e. The van der Waals surface area contributed by atoms with Crippen molar-refractivity contribution in [1.29, 1.82) is 0 Å². The maximum atomic E-state index is 12.8. The van der Waals surface area contributed by atoms with Gasteiger partial charge in [-0.3, -0.25) is 9.59 Å². The molecule has 0 bridgehead atoms. The Hall–Kier alpha value is -3.07. The molecule has 8 nitrogen and oxygen atoms in total. The number of aromatic hydroxyl groups is 2. The summed E-state index contributed by atoms with van der Waals surface area (Å²) in [5.41, 5.74) is 9.90. The molecule has 132 valence electrons. The Kier molecular flexibility index (Phi) is 4.46. The molecule has 0 radical (unpaired) electrons. The van der Waals surface area contributed by atoms with Crippen molar-refractivity contribution >= 4 is 21.7 Å². The summed E-state index contributed by atoms with van der Waals surface area (Å²) in [5, 5.41) is 19.7. The van der Waals surface area contributed by atoms with Crippen molar-refractivity contribution in [3.8, 4) is 11.5 Å². The zero-order valence-corrected chi connectivity index (χ0v) is 14.2. The predicted molar refractivity (Wildman–Crippen MR) is 88.2 cm³/mol. The van der Waals surface area contributed by atoms with Gasteiger partial charge in [0.2, 0.25) is 9.84 Å². The lowest BCUT2D eigenvalue weighted by Crippen LogP contribution is -2.15. The van der Waals surface area contributed by atoms with E-state index in [1.807, 2.05) is 0 Å². The van der Waals surface area contributed by atoms with Gasteiger partial charge in [-0.1, -0.05) is 0 Å². The molecule has 0 spiro atoms. The molecule has 6 N–H and O–H groups in total. The highest BCUT2D eigenvalue weighted by Crippen LogP contribution is 2.32. The first kappa shape index (κ1) is 18.3. The average molecular weight is 364 g/mol. The largest absolute Gasteiger partial charge is 0.507 e. The number of carbonyl (C=O) groups is 2. The van der Waals surface area contributed by atoms with Crippen LogP contribution in [0.1, 0.15) is 31.8 Å². The van der Waals surface area contributed by atoms with Gasteiger partial charge in [0.25, 0.3) is 11.8 Å². The Morgan fingerprint density at radius 1 is 0.800 bits per heavy atom. The van der Waals surface area contributed by atoms with E-state index in [1.165, 1.54) is 26.0 Å². The summed E-state index contributed by atoms with van der Waals surface area (Å²) in [7, 11) is -4.17. The third kappa shape index (κ3) is 3.13. The van der Waals surface area contributed by atoms with Crippen LogP contribution in [0, 0.1) is 13.8 Å². The molecule has 0 unspecified atom stereocenters. The monoisotopic (exact) mass is 364 g/mol. The van der Waals surface area contributed by atoms with E-state index in [4.69, 9.17) is 11.5 Å². The minimum absolute atomic E-state index is 0.139. The molecule has 2 aromatic rings. The molecule has 0 heterocycles. The zero-order chi connectivity index (χ0) is 19.1. The summed E-state index contributed by atoms with van der Waals surface area (Å²) >= 11 is 0. The van der Waals surface area contributed by atoms with Crippen molar-refractivity contribution in [2.75, 3.05) is 0 Å². The van der Waals surface area contributed by atoms with Gasteiger partial charge in [0.15, 0.2) is 0 Å². The summed E-state index contributed by atoms with van der Waals surface area (Å²) in [6.45, 7) is 2.83. The molecular weight excluding hydrogens is 348 g/mol. The van der Waals surface area contributed by atoms with Gasteiger partial charge in [-0.2, -0.15) is 0 Å². The van der Waals surface area contributed by atoms with Crippen LogP contribution < -0.4 is 11.5 Å². The van der Waals surface area contributed by atoms with Crippen molar-refractivity contribution in [1.82, 2.24) is 0 Å². The fourth-order valence-corrected chi connectivity index (χ4v) is 3.80. The van der Waals surface area contributed by atoms with Crippen LogP contribution in [0.2, 0.25) is 0 Å². The topological polar surface area (TPSA) is 161 Å². The van der Waals surface area contributed by atoms with Crippen molar-refractivity contribution in [3.05, 3.63) is 46.5 Å². The first-order chi connectivity index (χ1) is 11.5. The lowest BCUT2D eigenvalue weighted by molar-refractivity contribution is 0.0988. The van der Waals surface area contributed by atoms with E-state index in [-0.39, 0.29) is 32.0 Å². The van der Waals surface area contributed by atoms with Gasteiger partial charge in [-0.15, -0.1) is 0 Å². The minimum Gasteiger partial charge on any atom is -0.507 e. The predicted octanol–water partition coefficient (Wildman–Crippen LogP) is 0.745. The fourth-order valence-electron chi connectivity index (χ4n) is 2.31. The zero-order valence-electron chi connectivity index (χ0n) is 13.4. The number of carbonyl (C=O) groups excluding carboxylic acids is 2. The smallest absolute Gasteiger partial charge is 0.252 e. The summed E-state index contributed by atoms with van der Waals surface area (Å²) in [4.78, 5) is 22.2. The number of aryl methyl sites for hydroxylation is 2. The van der Waals surface area contributed by atoms with Crippen LogP contribution in [0.3, 0.4) is 0 Å². The fraction of sp³-hybridized carbons (Fsp3) is 0.125. The number of sulfone groups is 1. The van der Waals surface area contributed by atoms with Gasteiger partial charge < -0.3 is 21.7 Å². The van der Waals surface area contributed by atoms with Crippen LogP contribution in [0.4, 0.5) is 0 Å². The lowest BCUT2D eigenvalue weighted by atomic mass is 10.1. The molecule has 9 heteroatoms. The van der Waals surface area contributed by atoms with Crippen molar-refractivity contribution in [3.63, 3.8) is 0 Å². The molecule has 0 aliphatic heterocycles. The molecule has 2 rings (SSSR count). The molecule has 0 aliphatic rings. The molecular formula is C16H16N2O6S. The number of phenols is 2. The van der Waals surface area contributed by atoms with Crippen LogP contribution in [0.25, 0.3) is 0 Å². The number of benzene rings is 2. The summed E-state index contributed by atoms with van der Waals surface area (Å²) in [6.07, 6.45) is 0. The molecule has 2 amide bonds. The number of amides is 2. The second-order valence-electron chi connectivity index (χ2n) is 5.50. The van der Waals surface area contributed by atoms with E-state index < -0.39 is 33.2 Å². The third-order valence-corrected chi connectivity index (χ3v) is 5.41. The van der Waals surface area contributed by atoms with Crippen LogP contribution in [-0.2, 0) is 9.84 Å². The number of rotatable bonds is 4. The number of hydrogen-bond acceptors (Lipinski definition) is 6. The van der Waals surface area contributed by atoms with E-state index in [9.17, 15) is 28.2 Å². The first-order valence-electron chi connectivity index (χ1n) is 6.98. The van der Waals surface area contributed by atoms with E-state index in [0.29, 0.717) is 0 Å². The molecule has 25 heavy (non-hydrogen) atoms. The van der Waals surface area contributed by atoms with Crippen molar-refractivity contribution < 1.29 is 28.2 Å². The van der Waals surface area contributed by atoms with E-state index in [2.05, 4.69) is 0 Å². The third-order valence-electron chi connectivity index (χ3n) is 3.70. The minimum atomic E-state index is -4.17.